The Kier molecular flexibility index (Phi) is 4.57. The molecule has 1 aromatic heterocycles. The van der Waals surface area contributed by atoms with Gasteiger partial charge in [0, 0.05) is 17.5 Å². The van der Waals surface area contributed by atoms with Crippen LogP contribution in [-0.4, -0.2) is 36.5 Å². The second kappa shape index (κ2) is 6.62. The van der Waals surface area contributed by atoms with Gasteiger partial charge in [0.25, 0.3) is 0 Å². The summed E-state index contributed by atoms with van der Waals surface area (Å²) >= 11 is 0. The molecule has 3 rings (SSSR count). The van der Waals surface area contributed by atoms with Gasteiger partial charge in [-0.2, -0.15) is 0 Å². The van der Waals surface area contributed by atoms with E-state index in [1.807, 2.05) is 24.3 Å². The van der Waals surface area contributed by atoms with E-state index >= 15 is 0 Å². The molecule has 0 amide bonds. The molecule has 0 spiro atoms. The minimum Gasteiger partial charge on any atom is -0.493 e. The molecule has 0 bridgehead atoms. The van der Waals surface area contributed by atoms with Crippen LogP contribution in [0, 0.1) is 5.92 Å². The number of fused-ring (bicyclic) bond motifs is 1. The Hall–Kier alpha value is -2.01. The number of rotatable bonds is 4. The maximum atomic E-state index is 9.84. The Morgan fingerprint density at radius 3 is 2.57 bits per heavy atom. The van der Waals surface area contributed by atoms with Crippen molar-refractivity contribution in [2.75, 3.05) is 19.5 Å². The number of hydrogen-bond acceptors (Lipinski definition) is 5. The number of aliphatic hydroxyl groups excluding tert-OH is 1. The molecule has 0 radical (unpaired) electrons. The average molecular weight is 316 g/mol. The highest BCUT2D eigenvalue weighted by Crippen LogP contribution is 2.32. The number of pyridine rings is 1. The SMILES string of the molecule is COc1cc2ccc(NC3CCC(O)C(C)C3)nc2cc1OC. The zero-order valence-corrected chi connectivity index (χ0v) is 13.9. The standard InChI is InChI=1S/C18H24N2O3/c1-11-8-13(5-6-15(11)21)19-18-7-4-12-9-16(22-2)17(23-3)10-14(12)20-18/h4,7,9-11,13,15,21H,5-6,8H2,1-3H3,(H,19,20). The number of ether oxygens (including phenoxy) is 2. The van der Waals surface area contributed by atoms with Crippen molar-refractivity contribution >= 4 is 16.7 Å². The van der Waals surface area contributed by atoms with Gasteiger partial charge < -0.3 is 19.9 Å². The van der Waals surface area contributed by atoms with E-state index in [9.17, 15) is 5.11 Å². The van der Waals surface area contributed by atoms with Crippen molar-refractivity contribution in [2.45, 2.75) is 38.3 Å². The normalized spacial score (nSPS) is 24.4. The smallest absolute Gasteiger partial charge is 0.162 e. The molecule has 1 fully saturated rings. The highest BCUT2D eigenvalue weighted by atomic mass is 16.5. The highest BCUT2D eigenvalue weighted by molar-refractivity contribution is 5.84. The first-order chi connectivity index (χ1) is 11.1. The zero-order valence-electron chi connectivity index (χ0n) is 13.9. The molecule has 23 heavy (non-hydrogen) atoms. The minimum absolute atomic E-state index is 0.172. The Labute approximate surface area is 136 Å². The molecule has 3 unspecified atom stereocenters. The predicted molar refractivity (Wildman–Crippen MR) is 91.3 cm³/mol. The van der Waals surface area contributed by atoms with E-state index in [4.69, 9.17) is 9.47 Å². The number of anilines is 1. The lowest BCUT2D eigenvalue weighted by Crippen LogP contribution is -2.34. The maximum Gasteiger partial charge on any atom is 0.162 e. The van der Waals surface area contributed by atoms with Gasteiger partial charge in [-0.25, -0.2) is 4.98 Å². The molecule has 1 aromatic carbocycles. The molecular weight excluding hydrogens is 292 g/mol. The van der Waals surface area contributed by atoms with E-state index < -0.39 is 0 Å². The molecule has 2 N–H and O–H groups in total. The third kappa shape index (κ3) is 3.34. The summed E-state index contributed by atoms with van der Waals surface area (Å²) in [5, 5.41) is 14.4. The van der Waals surface area contributed by atoms with E-state index in [2.05, 4.69) is 17.2 Å². The second-order valence-electron chi connectivity index (χ2n) is 6.30. The van der Waals surface area contributed by atoms with Crippen molar-refractivity contribution in [1.29, 1.82) is 0 Å². The van der Waals surface area contributed by atoms with Gasteiger partial charge >= 0.3 is 0 Å². The summed E-state index contributed by atoms with van der Waals surface area (Å²) in [4.78, 5) is 4.69. The van der Waals surface area contributed by atoms with Gasteiger partial charge in [-0.1, -0.05) is 6.92 Å². The molecule has 124 valence electrons. The number of methoxy groups -OCH3 is 2. The highest BCUT2D eigenvalue weighted by Gasteiger charge is 2.26. The lowest BCUT2D eigenvalue weighted by atomic mass is 9.84. The number of aliphatic hydroxyl groups is 1. The quantitative estimate of drug-likeness (QED) is 0.907. The van der Waals surface area contributed by atoms with Gasteiger partial charge in [0.2, 0.25) is 0 Å². The Morgan fingerprint density at radius 1 is 1.13 bits per heavy atom. The van der Waals surface area contributed by atoms with Crippen LogP contribution in [-0.2, 0) is 0 Å². The van der Waals surface area contributed by atoms with Crippen LogP contribution in [0.25, 0.3) is 10.9 Å². The van der Waals surface area contributed by atoms with Crippen molar-refractivity contribution in [3.63, 3.8) is 0 Å². The van der Waals surface area contributed by atoms with Crippen molar-refractivity contribution in [3.8, 4) is 11.5 Å². The first-order valence-electron chi connectivity index (χ1n) is 8.08. The fraction of sp³-hybridized carbons (Fsp3) is 0.500. The molecule has 1 aliphatic rings. The van der Waals surface area contributed by atoms with Gasteiger partial charge in [0.05, 0.1) is 25.8 Å². The topological polar surface area (TPSA) is 63.6 Å². The molecule has 2 aromatic rings. The van der Waals surface area contributed by atoms with Gasteiger partial charge in [-0.3, -0.25) is 0 Å². The van der Waals surface area contributed by atoms with E-state index in [1.165, 1.54) is 0 Å². The Bertz CT molecular complexity index is 689. The lowest BCUT2D eigenvalue weighted by Gasteiger charge is -2.31. The van der Waals surface area contributed by atoms with Gasteiger partial charge in [0.15, 0.2) is 11.5 Å². The third-order valence-electron chi connectivity index (χ3n) is 4.67. The maximum absolute atomic E-state index is 9.84. The van der Waals surface area contributed by atoms with Crippen molar-refractivity contribution in [3.05, 3.63) is 24.3 Å². The summed E-state index contributed by atoms with van der Waals surface area (Å²) in [5.41, 5.74) is 0.872. The van der Waals surface area contributed by atoms with Crippen LogP contribution in [0.5, 0.6) is 11.5 Å². The molecule has 5 heteroatoms. The zero-order chi connectivity index (χ0) is 16.4. The molecule has 0 saturated heterocycles. The summed E-state index contributed by atoms with van der Waals surface area (Å²) in [7, 11) is 3.26. The summed E-state index contributed by atoms with van der Waals surface area (Å²) in [6, 6.07) is 8.22. The summed E-state index contributed by atoms with van der Waals surface area (Å²) < 4.78 is 10.7. The molecule has 1 saturated carbocycles. The number of aromatic nitrogens is 1. The fourth-order valence-corrected chi connectivity index (χ4v) is 3.25. The Balaban J connectivity index is 1.82. The lowest BCUT2D eigenvalue weighted by molar-refractivity contribution is 0.0748. The van der Waals surface area contributed by atoms with Crippen LogP contribution in [0.4, 0.5) is 5.82 Å². The summed E-state index contributed by atoms with van der Waals surface area (Å²) in [5.74, 6) is 2.57. The summed E-state index contributed by atoms with van der Waals surface area (Å²) in [6.07, 6.45) is 2.61. The van der Waals surface area contributed by atoms with E-state index in [0.717, 1.165) is 36.0 Å². The van der Waals surface area contributed by atoms with Gasteiger partial charge in [-0.15, -0.1) is 0 Å². The molecular formula is C18H24N2O3. The van der Waals surface area contributed by atoms with Crippen molar-refractivity contribution in [2.24, 2.45) is 5.92 Å². The van der Waals surface area contributed by atoms with Crippen molar-refractivity contribution < 1.29 is 14.6 Å². The molecule has 1 heterocycles. The minimum atomic E-state index is -0.172. The van der Waals surface area contributed by atoms with E-state index in [0.29, 0.717) is 23.5 Å². The van der Waals surface area contributed by atoms with Crippen LogP contribution < -0.4 is 14.8 Å². The number of nitrogens with zero attached hydrogens (tertiary/aromatic N) is 1. The number of nitrogens with one attached hydrogen (secondary N) is 1. The molecule has 0 aliphatic heterocycles. The van der Waals surface area contributed by atoms with Gasteiger partial charge in [-0.05, 0) is 43.4 Å². The van der Waals surface area contributed by atoms with E-state index in [-0.39, 0.29) is 6.10 Å². The monoisotopic (exact) mass is 316 g/mol. The first kappa shape index (κ1) is 15.9. The van der Waals surface area contributed by atoms with Crippen LogP contribution in [0.3, 0.4) is 0 Å². The van der Waals surface area contributed by atoms with Crippen molar-refractivity contribution in [1.82, 2.24) is 4.98 Å². The van der Waals surface area contributed by atoms with Gasteiger partial charge in [0.1, 0.15) is 5.82 Å². The van der Waals surface area contributed by atoms with Crippen LogP contribution in [0.2, 0.25) is 0 Å². The molecule has 3 atom stereocenters. The second-order valence-corrected chi connectivity index (χ2v) is 6.30. The number of benzene rings is 1. The third-order valence-corrected chi connectivity index (χ3v) is 4.67. The van der Waals surface area contributed by atoms with Crippen LogP contribution in [0.1, 0.15) is 26.2 Å². The predicted octanol–water partition coefficient (Wildman–Crippen LogP) is 3.21. The Morgan fingerprint density at radius 2 is 1.87 bits per heavy atom. The van der Waals surface area contributed by atoms with Crippen LogP contribution in [0.15, 0.2) is 24.3 Å². The molecule has 5 nitrogen and oxygen atoms in total. The molecule has 1 aliphatic carbocycles. The summed E-state index contributed by atoms with van der Waals surface area (Å²) in [6.45, 7) is 2.10. The largest absolute Gasteiger partial charge is 0.493 e. The fourth-order valence-electron chi connectivity index (χ4n) is 3.25. The number of hydrogen-bond donors (Lipinski definition) is 2. The first-order valence-corrected chi connectivity index (χ1v) is 8.08. The van der Waals surface area contributed by atoms with Crippen LogP contribution >= 0.6 is 0 Å². The van der Waals surface area contributed by atoms with E-state index in [1.54, 1.807) is 14.2 Å². The average Bonchev–Trinajstić information content (AvgIpc) is 2.56.